The predicted molar refractivity (Wildman–Crippen MR) is 121 cm³/mol. The van der Waals surface area contributed by atoms with Crippen molar-refractivity contribution in [2.24, 2.45) is 5.92 Å². The van der Waals surface area contributed by atoms with Crippen LogP contribution in [0.15, 0.2) is 48.5 Å². The molecule has 2 aromatic carbocycles. The minimum atomic E-state index is -0.180. The van der Waals surface area contributed by atoms with Crippen LogP contribution in [0.4, 0.5) is 11.4 Å². The van der Waals surface area contributed by atoms with Crippen molar-refractivity contribution in [2.45, 2.75) is 32.1 Å². The van der Waals surface area contributed by atoms with Crippen molar-refractivity contribution < 1.29 is 9.59 Å². The Morgan fingerprint density at radius 1 is 0.900 bits per heavy atom. The van der Waals surface area contributed by atoms with Gasteiger partial charge in [-0.1, -0.05) is 36.9 Å². The number of anilines is 2. The van der Waals surface area contributed by atoms with Crippen LogP contribution in [-0.2, 0) is 4.79 Å². The van der Waals surface area contributed by atoms with Gasteiger partial charge in [-0.3, -0.25) is 9.59 Å². The van der Waals surface area contributed by atoms with Crippen molar-refractivity contribution in [1.29, 1.82) is 0 Å². The Morgan fingerprint density at radius 3 is 2.27 bits per heavy atom. The van der Waals surface area contributed by atoms with Gasteiger partial charge in [0.15, 0.2) is 0 Å². The van der Waals surface area contributed by atoms with Crippen LogP contribution in [0.5, 0.6) is 0 Å². The molecular formula is C24H28ClN3O2. The molecule has 2 aliphatic rings. The highest BCUT2D eigenvalue weighted by molar-refractivity contribution is 6.31. The van der Waals surface area contributed by atoms with Crippen molar-refractivity contribution in [1.82, 2.24) is 4.90 Å². The van der Waals surface area contributed by atoms with Crippen LogP contribution in [0.1, 0.15) is 42.5 Å². The molecule has 5 nitrogen and oxygen atoms in total. The number of hydrogen-bond acceptors (Lipinski definition) is 3. The third-order valence-corrected chi connectivity index (χ3v) is 6.36. The summed E-state index contributed by atoms with van der Waals surface area (Å²) >= 11 is 5.96. The number of halogens is 1. The first-order valence-electron chi connectivity index (χ1n) is 10.8. The van der Waals surface area contributed by atoms with Crippen LogP contribution >= 0.6 is 11.6 Å². The van der Waals surface area contributed by atoms with Gasteiger partial charge >= 0.3 is 0 Å². The van der Waals surface area contributed by atoms with Gasteiger partial charge < -0.3 is 15.1 Å². The number of carbonyl (C=O) groups excluding carboxylic acids is 2. The van der Waals surface area contributed by atoms with Gasteiger partial charge in [0.25, 0.3) is 5.91 Å². The third kappa shape index (κ3) is 4.96. The molecule has 6 heteroatoms. The number of rotatable bonds is 4. The van der Waals surface area contributed by atoms with Gasteiger partial charge in [-0.15, -0.1) is 0 Å². The molecule has 1 saturated heterocycles. The van der Waals surface area contributed by atoms with Crippen molar-refractivity contribution in [3.63, 3.8) is 0 Å². The van der Waals surface area contributed by atoms with E-state index < -0.39 is 0 Å². The van der Waals surface area contributed by atoms with E-state index in [-0.39, 0.29) is 11.8 Å². The van der Waals surface area contributed by atoms with Crippen molar-refractivity contribution >= 4 is 34.8 Å². The first kappa shape index (κ1) is 20.7. The fourth-order valence-electron chi connectivity index (χ4n) is 4.38. The number of amides is 2. The van der Waals surface area contributed by atoms with Crippen LogP contribution in [0.3, 0.4) is 0 Å². The van der Waals surface area contributed by atoms with E-state index in [1.807, 2.05) is 29.2 Å². The van der Waals surface area contributed by atoms with E-state index in [1.54, 1.807) is 24.3 Å². The quantitative estimate of drug-likeness (QED) is 0.763. The summed E-state index contributed by atoms with van der Waals surface area (Å²) < 4.78 is 0. The lowest BCUT2D eigenvalue weighted by atomic mass is 9.88. The Labute approximate surface area is 183 Å². The molecule has 0 atom stereocenters. The molecule has 0 radical (unpaired) electrons. The molecule has 2 aromatic rings. The lowest BCUT2D eigenvalue weighted by molar-refractivity contribution is -0.136. The Morgan fingerprint density at radius 2 is 1.60 bits per heavy atom. The second-order valence-electron chi connectivity index (χ2n) is 8.16. The molecule has 4 rings (SSSR count). The minimum Gasteiger partial charge on any atom is -0.368 e. The zero-order valence-corrected chi connectivity index (χ0v) is 17.9. The lowest BCUT2D eigenvalue weighted by Gasteiger charge is -2.38. The number of nitrogens with one attached hydrogen (secondary N) is 1. The summed E-state index contributed by atoms with van der Waals surface area (Å²) in [6, 6.07) is 14.8. The highest BCUT2D eigenvalue weighted by atomic mass is 35.5. The molecule has 2 fully saturated rings. The average Bonchev–Trinajstić information content (AvgIpc) is 2.80. The summed E-state index contributed by atoms with van der Waals surface area (Å²) in [6.07, 6.45) is 5.77. The SMILES string of the molecule is O=C(Nc1ccc(N2CCN(C(=O)C3CCCCC3)CC2)cc1)c1cccc(Cl)c1. The standard InChI is InChI=1S/C24H28ClN3O2/c25-20-8-4-7-19(17-20)23(29)26-21-9-11-22(12-10-21)27-13-15-28(16-14-27)24(30)18-5-2-1-3-6-18/h4,7-12,17-18H,1-3,5-6,13-16H2,(H,26,29). The normalized spacial score (nSPS) is 17.6. The second-order valence-corrected chi connectivity index (χ2v) is 8.60. The second kappa shape index (κ2) is 9.52. The number of piperazine rings is 1. The molecule has 1 saturated carbocycles. The minimum absolute atomic E-state index is 0.180. The number of carbonyl (C=O) groups is 2. The molecule has 0 aromatic heterocycles. The van der Waals surface area contributed by atoms with Crippen LogP contribution in [0.25, 0.3) is 0 Å². The smallest absolute Gasteiger partial charge is 0.255 e. The van der Waals surface area contributed by atoms with E-state index in [4.69, 9.17) is 11.6 Å². The number of hydrogen-bond donors (Lipinski definition) is 1. The highest BCUT2D eigenvalue weighted by Crippen LogP contribution is 2.27. The summed E-state index contributed by atoms with van der Waals surface area (Å²) in [5, 5.41) is 3.45. The molecule has 0 spiro atoms. The zero-order chi connectivity index (χ0) is 20.9. The average molecular weight is 426 g/mol. The van der Waals surface area contributed by atoms with Gasteiger partial charge in [0.2, 0.25) is 5.91 Å². The highest BCUT2D eigenvalue weighted by Gasteiger charge is 2.28. The maximum Gasteiger partial charge on any atom is 0.255 e. The van der Waals surface area contributed by atoms with E-state index in [9.17, 15) is 9.59 Å². The Hall–Kier alpha value is -2.53. The topological polar surface area (TPSA) is 52.7 Å². The van der Waals surface area contributed by atoms with Crippen LogP contribution in [0.2, 0.25) is 5.02 Å². The molecule has 0 unspecified atom stereocenters. The molecule has 158 valence electrons. The van der Waals surface area contributed by atoms with E-state index in [1.165, 1.54) is 19.3 Å². The molecule has 1 aliphatic heterocycles. The number of benzene rings is 2. The van der Waals surface area contributed by atoms with Gasteiger partial charge in [-0.05, 0) is 55.3 Å². The summed E-state index contributed by atoms with van der Waals surface area (Å²) in [7, 11) is 0. The zero-order valence-electron chi connectivity index (χ0n) is 17.1. The summed E-state index contributed by atoms with van der Waals surface area (Å²) in [6.45, 7) is 3.24. The molecule has 1 N–H and O–H groups in total. The Bertz CT molecular complexity index is 886. The van der Waals surface area contributed by atoms with Crippen molar-refractivity contribution in [3.05, 3.63) is 59.1 Å². The number of nitrogens with zero attached hydrogens (tertiary/aromatic N) is 2. The molecule has 1 heterocycles. The van der Waals surface area contributed by atoms with Gasteiger partial charge in [0, 0.05) is 54.1 Å². The molecule has 0 bridgehead atoms. The first-order valence-corrected chi connectivity index (χ1v) is 11.2. The monoisotopic (exact) mass is 425 g/mol. The summed E-state index contributed by atoms with van der Waals surface area (Å²) in [5.41, 5.74) is 2.39. The molecule has 30 heavy (non-hydrogen) atoms. The van der Waals surface area contributed by atoms with Gasteiger partial charge in [0.1, 0.15) is 0 Å². The Kier molecular flexibility index (Phi) is 6.58. The van der Waals surface area contributed by atoms with Gasteiger partial charge in [-0.25, -0.2) is 0 Å². The molecule has 1 aliphatic carbocycles. The fourth-order valence-corrected chi connectivity index (χ4v) is 4.57. The maximum absolute atomic E-state index is 12.7. The van der Waals surface area contributed by atoms with Crippen molar-refractivity contribution in [3.8, 4) is 0 Å². The summed E-state index contributed by atoms with van der Waals surface area (Å²) in [4.78, 5) is 29.5. The fraction of sp³-hybridized carbons (Fsp3) is 0.417. The largest absolute Gasteiger partial charge is 0.368 e. The van der Waals surface area contributed by atoms with E-state index >= 15 is 0 Å². The van der Waals surface area contributed by atoms with E-state index in [0.29, 0.717) is 16.5 Å². The van der Waals surface area contributed by atoms with Crippen LogP contribution in [-0.4, -0.2) is 42.9 Å². The van der Waals surface area contributed by atoms with Gasteiger partial charge in [0.05, 0.1) is 0 Å². The van der Waals surface area contributed by atoms with E-state index in [2.05, 4.69) is 10.2 Å². The molecular weight excluding hydrogens is 398 g/mol. The van der Waals surface area contributed by atoms with Crippen LogP contribution in [0, 0.1) is 5.92 Å². The maximum atomic E-state index is 12.7. The lowest BCUT2D eigenvalue weighted by Crippen LogP contribution is -2.50. The first-order chi connectivity index (χ1) is 14.6. The van der Waals surface area contributed by atoms with Gasteiger partial charge in [-0.2, -0.15) is 0 Å². The predicted octanol–water partition coefficient (Wildman–Crippen LogP) is 4.82. The van der Waals surface area contributed by atoms with E-state index in [0.717, 1.165) is 50.4 Å². The van der Waals surface area contributed by atoms with Crippen molar-refractivity contribution in [2.75, 3.05) is 36.4 Å². The molecule has 2 amide bonds. The Balaban J connectivity index is 1.30. The summed E-state index contributed by atoms with van der Waals surface area (Å²) in [5.74, 6) is 0.418. The third-order valence-electron chi connectivity index (χ3n) is 6.12. The van der Waals surface area contributed by atoms with Crippen LogP contribution < -0.4 is 10.2 Å².